The molecule has 0 aromatic heterocycles. The zero-order valence-electron chi connectivity index (χ0n) is 13.3. The van der Waals surface area contributed by atoms with Gasteiger partial charge in [0, 0.05) is 30.3 Å². The van der Waals surface area contributed by atoms with Crippen molar-refractivity contribution in [2.45, 2.75) is 38.6 Å². The number of rotatable bonds is 3. The zero-order chi connectivity index (χ0) is 15.5. The lowest BCUT2D eigenvalue weighted by Crippen LogP contribution is -2.45. The van der Waals surface area contributed by atoms with Crippen LogP contribution in [0.1, 0.15) is 53.3 Å². The van der Waals surface area contributed by atoms with Crippen LogP contribution in [-0.2, 0) is 0 Å². The smallest absolute Gasteiger partial charge is 0.253 e. The topological polar surface area (TPSA) is 40.6 Å². The van der Waals surface area contributed by atoms with Gasteiger partial charge in [-0.15, -0.1) is 0 Å². The number of carbonyl (C=O) groups is 2. The Labute approximate surface area is 132 Å². The van der Waals surface area contributed by atoms with Crippen LogP contribution in [0.4, 0.5) is 0 Å². The molecule has 0 spiro atoms. The monoisotopic (exact) mass is 300 g/mol. The lowest BCUT2D eigenvalue weighted by Gasteiger charge is -2.36. The van der Waals surface area contributed by atoms with Gasteiger partial charge in [-0.05, 0) is 57.8 Å². The summed E-state index contributed by atoms with van der Waals surface area (Å²) in [7, 11) is 0. The lowest BCUT2D eigenvalue weighted by molar-refractivity contribution is 0.0644. The number of hydrogen-bond donors (Lipinski definition) is 0. The van der Waals surface area contributed by atoms with Crippen molar-refractivity contribution < 1.29 is 9.59 Å². The minimum atomic E-state index is 0.0328. The number of Topliss-reactive ketones (excluding diaryl/α,β-unsaturated/α-hetero) is 1. The van der Waals surface area contributed by atoms with Crippen LogP contribution in [-0.4, -0.2) is 53.7 Å². The number of carbonyl (C=O) groups excluding carboxylic acids is 2. The van der Waals surface area contributed by atoms with E-state index in [4.69, 9.17) is 0 Å². The molecule has 1 aromatic carbocycles. The first-order valence-electron chi connectivity index (χ1n) is 8.29. The van der Waals surface area contributed by atoms with Gasteiger partial charge in [-0.1, -0.05) is 12.1 Å². The summed E-state index contributed by atoms with van der Waals surface area (Å²) in [5.41, 5.74) is 1.34. The maximum Gasteiger partial charge on any atom is 0.253 e. The molecule has 0 aliphatic carbocycles. The van der Waals surface area contributed by atoms with E-state index in [-0.39, 0.29) is 11.7 Å². The van der Waals surface area contributed by atoms with Crippen molar-refractivity contribution in [3.8, 4) is 0 Å². The minimum absolute atomic E-state index is 0.0328. The van der Waals surface area contributed by atoms with Crippen molar-refractivity contribution in [1.29, 1.82) is 0 Å². The van der Waals surface area contributed by atoms with Crippen molar-refractivity contribution >= 4 is 11.7 Å². The molecule has 2 heterocycles. The number of likely N-dealkylation sites (tertiary alicyclic amines) is 2. The number of hydrogen-bond acceptors (Lipinski definition) is 3. The molecule has 3 rings (SSSR count). The quantitative estimate of drug-likeness (QED) is 0.806. The van der Waals surface area contributed by atoms with Gasteiger partial charge in [0.15, 0.2) is 5.78 Å². The Morgan fingerprint density at radius 3 is 2.00 bits per heavy atom. The van der Waals surface area contributed by atoms with Gasteiger partial charge in [0.2, 0.25) is 0 Å². The molecular weight excluding hydrogens is 276 g/mol. The van der Waals surface area contributed by atoms with Crippen LogP contribution in [0.5, 0.6) is 0 Å². The Kier molecular flexibility index (Phi) is 4.57. The second-order valence-electron chi connectivity index (χ2n) is 6.40. The van der Waals surface area contributed by atoms with Crippen molar-refractivity contribution in [1.82, 2.24) is 9.80 Å². The van der Waals surface area contributed by atoms with Crippen molar-refractivity contribution in [2.75, 3.05) is 26.2 Å². The normalized spacial score (nSPS) is 20.3. The summed E-state index contributed by atoms with van der Waals surface area (Å²) in [5.74, 6) is 0.125. The van der Waals surface area contributed by atoms with Crippen LogP contribution in [0.3, 0.4) is 0 Å². The fourth-order valence-electron chi connectivity index (χ4n) is 3.57. The molecule has 0 radical (unpaired) electrons. The Balaban J connectivity index is 1.58. The molecule has 2 aliphatic rings. The predicted molar refractivity (Wildman–Crippen MR) is 86.2 cm³/mol. The molecule has 0 unspecified atom stereocenters. The maximum absolute atomic E-state index is 12.5. The van der Waals surface area contributed by atoms with Gasteiger partial charge in [-0.2, -0.15) is 0 Å². The molecule has 2 fully saturated rings. The highest BCUT2D eigenvalue weighted by atomic mass is 16.2. The van der Waals surface area contributed by atoms with Crippen LogP contribution in [0.25, 0.3) is 0 Å². The maximum atomic E-state index is 12.5. The molecule has 2 aliphatic heterocycles. The standard InChI is InChI=1S/C18H24N2O2/c1-14(21)15-4-6-16(7-5-15)18(22)20-12-8-17(9-13-20)19-10-2-3-11-19/h4-7,17H,2-3,8-13H2,1H3. The van der Waals surface area contributed by atoms with Gasteiger partial charge >= 0.3 is 0 Å². The molecule has 22 heavy (non-hydrogen) atoms. The first-order chi connectivity index (χ1) is 10.6. The van der Waals surface area contributed by atoms with E-state index in [1.807, 2.05) is 4.90 Å². The Bertz CT molecular complexity index is 539. The first kappa shape index (κ1) is 15.2. The summed E-state index contributed by atoms with van der Waals surface area (Å²) < 4.78 is 0. The van der Waals surface area contributed by atoms with Gasteiger partial charge in [0.25, 0.3) is 5.91 Å². The molecule has 4 nitrogen and oxygen atoms in total. The largest absolute Gasteiger partial charge is 0.339 e. The summed E-state index contributed by atoms with van der Waals surface area (Å²) in [6.07, 6.45) is 4.80. The van der Waals surface area contributed by atoms with Crippen LogP contribution < -0.4 is 0 Å². The highest BCUT2D eigenvalue weighted by Gasteiger charge is 2.28. The number of piperidine rings is 1. The first-order valence-corrected chi connectivity index (χ1v) is 8.29. The summed E-state index contributed by atoms with van der Waals surface area (Å²) in [5, 5.41) is 0. The fraction of sp³-hybridized carbons (Fsp3) is 0.556. The van der Waals surface area contributed by atoms with E-state index in [0.29, 0.717) is 17.2 Å². The molecule has 2 saturated heterocycles. The average Bonchev–Trinajstić information content (AvgIpc) is 3.09. The average molecular weight is 300 g/mol. The number of benzene rings is 1. The summed E-state index contributed by atoms with van der Waals surface area (Å²) >= 11 is 0. The van der Waals surface area contributed by atoms with Crippen molar-refractivity contribution in [3.05, 3.63) is 35.4 Å². The summed E-state index contributed by atoms with van der Waals surface area (Å²) in [4.78, 5) is 28.4. The Hall–Kier alpha value is -1.68. The van der Waals surface area contributed by atoms with Gasteiger partial charge in [-0.25, -0.2) is 0 Å². The SMILES string of the molecule is CC(=O)c1ccc(C(=O)N2CCC(N3CCCC3)CC2)cc1. The number of nitrogens with zero attached hydrogens (tertiary/aromatic N) is 2. The van der Waals surface area contributed by atoms with Gasteiger partial charge < -0.3 is 9.80 Å². The van der Waals surface area contributed by atoms with Crippen LogP contribution >= 0.6 is 0 Å². The molecule has 0 N–H and O–H groups in total. The zero-order valence-corrected chi connectivity index (χ0v) is 13.3. The van der Waals surface area contributed by atoms with Crippen LogP contribution in [0, 0.1) is 0 Å². The summed E-state index contributed by atoms with van der Waals surface area (Å²) in [6, 6.07) is 7.68. The van der Waals surface area contributed by atoms with Gasteiger partial charge in [0.1, 0.15) is 0 Å². The van der Waals surface area contributed by atoms with Gasteiger partial charge in [0.05, 0.1) is 0 Å². The van der Waals surface area contributed by atoms with E-state index in [1.165, 1.54) is 25.9 Å². The van der Waals surface area contributed by atoms with E-state index >= 15 is 0 Å². The van der Waals surface area contributed by atoms with E-state index in [9.17, 15) is 9.59 Å². The Morgan fingerprint density at radius 2 is 1.45 bits per heavy atom. The van der Waals surface area contributed by atoms with Crippen LogP contribution in [0.2, 0.25) is 0 Å². The van der Waals surface area contributed by atoms with Crippen molar-refractivity contribution in [2.24, 2.45) is 0 Å². The predicted octanol–water partition coefficient (Wildman–Crippen LogP) is 2.59. The third kappa shape index (κ3) is 3.22. The third-order valence-electron chi connectivity index (χ3n) is 4.95. The van der Waals surface area contributed by atoms with E-state index in [1.54, 1.807) is 31.2 Å². The molecular formula is C18H24N2O2. The molecule has 0 bridgehead atoms. The van der Waals surface area contributed by atoms with Crippen LogP contribution in [0.15, 0.2) is 24.3 Å². The minimum Gasteiger partial charge on any atom is -0.339 e. The fourth-order valence-corrected chi connectivity index (χ4v) is 3.57. The molecule has 118 valence electrons. The van der Waals surface area contributed by atoms with Crippen molar-refractivity contribution in [3.63, 3.8) is 0 Å². The molecule has 4 heteroatoms. The number of amides is 1. The molecule has 0 saturated carbocycles. The van der Waals surface area contributed by atoms with E-state index in [2.05, 4.69) is 4.90 Å². The third-order valence-corrected chi connectivity index (χ3v) is 4.95. The second-order valence-corrected chi connectivity index (χ2v) is 6.40. The number of ketones is 1. The van der Waals surface area contributed by atoms with E-state index in [0.717, 1.165) is 25.9 Å². The Morgan fingerprint density at radius 1 is 0.909 bits per heavy atom. The highest BCUT2D eigenvalue weighted by molar-refractivity contribution is 5.97. The lowest BCUT2D eigenvalue weighted by atomic mass is 10.0. The highest BCUT2D eigenvalue weighted by Crippen LogP contribution is 2.22. The molecule has 1 amide bonds. The molecule has 0 atom stereocenters. The van der Waals surface area contributed by atoms with Gasteiger partial charge in [-0.3, -0.25) is 9.59 Å². The second kappa shape index (κ2) is 6.61. The summed E-state index contributed by atoms with van der Waals surface area (Å²) in [6.45, 7) is 5.68. The van der Waals surface area contributed by atoms with E-state index < -0.39 is 0 Å². The molecule has 1 aromatic rings.